The van der Waals surface area contributed by atoms with Crippen molar-refractivity contribution >= 4 is 0 Å². The van der Waals surface area contributed by atoms with Gasteiger partial charge < -0.3 is 0 Å². The van der Waals surface area contributed by atoms with Crippen molar-refractivity contribution < 1.29 is 9.78 Å². The zero-order chi connectivity index (χ0) is 4.83. The monoisotopic (exact) mass is 87.0 g/mol. The van der Waals surface area contributed by atoms with Crippen molar-refractivity contribution in [1.29, 1.82) is 5.26 Å². The lowest BCUT2D eigenvalue weighted by Crippen LogP contribution is -1.83. The molecule has 0 N–H and O–H groups in total. The van der Waals surface area contributed by atoms with Crippen LogP contribution in [-0.2, 0) is 9.78 Å². The van der Waals surface area contributed by atoms with Gasteiger partial charge in [0.1, 0.15) is 0 Å². The molecular formula is C3H5NO2. The van der Waals surface area contributed by atoms with Gasteiger partial charge in [0.15, 0.2) is 0 Å². The van der Waals surface area contributed by atoms with Crippen LogP contribution in [0, 0.1) is 11.5 Å². The molecule has 0 aromatic heterocycles. The molecule has 0 aliphatic carbocycles. The minimum Gasteiger partial charge on any atom is -0.254 e. The molecule has 0 unspecified atom stereocenters. The number of rotatable bonds is 2. The molecule has 3 heteroatoms. The number of nitriles is 1. The Morgan fingerprint density at radius 1 is 1.83 bits per heavy atom. The van der Waals surface area contributed by atoms with Gasteiger partial charge in [-0.1, -0.05) is 0 Å². The summed E-state index contributed by atoms with van der Waals surface area (Å²) in [5.41, 5.74) is 0. The van der Waals surface area contributed by atoms with E-state index >= 15 is 0 Å². The van der Waals surface area contributed by atoms with E-state index in [2.05, 4.69) is 9.78 Å². The summed E-state index contributed by atoms with van der Waals surface area (Å²) in [6.45, 7) is 2.14. The van der Waals surface area contributed by atoms with Crippen molar-refractivity contribution in [1.82, 2.24) is 0 Å². The maximum absolute atomic E-state index is 7.60. The highest BCUT2D eigenvalue weighted by molar-refractivity contribution is 4.37. The van der Waals surface area contributed by atoms with Gasteiger partial charge in [-0.05, 0) is 6.92 Å². The van der Waals surface area contributed by atoms with Crippen molar-refractivity contribution in [3.8, 4) is 6.26 Å². The van der Waals surface area contributed by atoms with Crippen molar-refractivity contribution in [2.24, 2.45) is 0 Å². The van der Waals surface area contributed by atoms with Crippen LogP contribution in [0.4, 0.5) is 0 Å². The third-order valence-electron chi connectivity index (χ3n) is 0.214. The molecule has 0 rings (SSSR count). The van der Waals surface area contributed by atoms with Crippen molar-refractivity contribution in [3.63, 3.8) is 0 Å². The summed E-state index contributed by atoms with van der Waals surface area (Å²) in [6.07, 6.45) is 1.35. The Morgan fingerprint density at radius 2 is 2.50 bits per heavy atom. The Balaban J connectivity index is 2.54. The zero-order valence-electron chi connectivity index (χ0n) is 3.47. The van der Waals surface area contributed by atoms with E-state index in [1.165, 1.54) is 6.26 Å². The fraction of sp³-hybridized carbons (Fsp3) is 0.667. The molecule has 0 bridgehead atoms. The molecule has 0 aliphatic rings. The Bertz CT molecular complexity index is 56.3. The summed E-state index contributed by atoms with van der Waals surface area (Å²) in [6, 6.07) is 0. The summed E-state index contributed by atoms with van der Waals surface area (Å²) in [5, 5.41) is 7.60. The first-order valence-corrected chi connectivity index (χ1v) is 1.59. The second-order valence-corrected chi connectivity index (χ2v) is 0.581. The first kappa shape index (κ1) is 5.25. The lowest BCUT2D eigenvalue weighted by atomic mass is 10.9. The molecule has 6 heavy (non-hydrogen) atoms. The zero-order valence-corrected chi connectivity index (χ0v) is 3.47. The summed E-state index contributed by atoms with van der Waals surface area (Å²) in [7, 11) is 0. The van der Waals surface area contributed by atoms with Crippen molar-refractivity contribution in [2.45, 2.75) is 6.92 Å². The molecular weight excluding hydrogens is 82.0 g/mol. The number of hydrogen-bond donors (Lipinski definition) is 0. The smallest absolute Gasteiger partial charge is 0.254 e. The van der Waals surface area contributed by atoms with E-state index in [0.717, 1.165) is 0 Å². The normalized spacial score (nSPS) is 6.67. The van der Waals surface area contributed by atoms with Gasteiger partial charge in [0, 0.05) is 0 Å². The highest BCUT2D eigenvalue weighted by Crippen LogP contribution is 1.68. The van der Waals surface area contributed by atoms with E-state index in [1.54, 1.807) is 6.92 Å². The summed E-state index contributed by atoms with van der Waals surface area (Å²) in [5.74, 6) is 0. The molecule has 0 atom stereocenters. The minimum absolute atomic E-state index is 0.410. The van der Waals surface area contributed by atoms with E-state index in [1.807, 2.05) is 0 Å². The average Bonchev–Trinajstić information content (AvgIpc) is 1.61. The number of hydrogen-bond acceptors (Lipinski definition) is 3. The summed E-state index contributed by atoms with van der Waals surface area (Å²) in [4.78, 5) is 7.91. The van der Waals surface area contributed by atoms with Crippen LogP contribution >= 0.6 is 0 Å². The second kappa shape index (κ2) is 4.25. The van der Waals surface area contributed by atoms with Gasteiger partial charge >= 0.3 is 6.26 Å². The van der Waals surface area contributed by atoms with Gasteiger partial charge in [0.05, 0.1) is 6.61 Å². The van der Waals surface area contributed by atoms with E-state index < -0.39 is 0 Å². The van der Waals surface area contributed by atoms with Crippen molar-refractivity contribution in [2.75, 3.05) is 6.61 Å². The minimum atomic E-state index is 0.410. The van der Waals surface area contributed by atoms with Crippen LogP contribution < -0.4 is 0 Å². The van der Waals surface area contributed by atoms with Crippen LogP contribution in [0.1, 0.15) is 6.92 Å². The molecule has 0 saturated carbocycles. The van der Waals surface area contributed by atoms with E-state index in [-0.39, 0.29) is 0 Å². The molecule has 0 saturated heterocycles. The van der Waals surface area contributed by atoms with Gasteiger partial charge in [-0.3, -0.25) is 4.89 Å². The topological polar surface area (TPSA) is 42.2 Å². The molecule has 0 radical (unpaired) electrons. The first-order chi connectivity index (χ1) is 2.91. The fourth-order valence-corrected chi connectivity index (χ4v) is 0.0853. The Kier molecular flexibility index (Phi) is 3.72. The number of nitrogens with zero attached hydrogens (tertiary/aromatic N) is 1. The fourth-order valence-electron chi connectivity index (χ4n) is 0.0853. The van der Waals surface area contributed by atoms with Crippen molar-refractivity contribution in [3.05, 3.63) is 0 Å². The predicted octanol–water partition coefficient (Wildman–Crippen LogP) is 0.436. The van der Waals surface area contributed by atoms with Gasteiger partial charge in [-0.2, -0.15) is 4.89 Å². The van der Waals surface area contributed by atoms with E-state index in [9.17, 15) is 0 Å². The molecule has 0 aromatic carbocycles. The molecule has 0 heterocycles. The standard InChI is InChI=1S/C3H5NO2/c1-2-5-6-3-4/h2H2,1H3. The molecule has 0 spiro atoms. The highest BCUT2D eigenvalue weighted by Gasteiger charge is 1.70. The Hall–Kier alpha value is -0.750. The van der Waals surface area contributed by atoms with Gasteiger partial charge in [0.2, 0.25) is 0 Å². The van der Waals surface area contributed by atoms with Gasteiger partial charge in [-0.25, -0.2) is 0 Å². The molecule has 0 amide bonds. The van der Waals surface area contributed by atoms with Gasteiger partial charge in [-0.15, -0.1) is 5.26 Å². The van der Waals surface area contributed by atoms with E-state index in [4.69, 9.17) is 5.26 Å². The van der Waals surface area contributed by atoms with Crippen LogP contribution in [0.25, 0.3) is 0 Å². The maximum atomic E-state index is 7.60. The molecule has 0 aromatic rings. The third-order valence-corrected chi connectivity index (χ3v) is 0.214. The predicted molar refractivity (Wildman–Crippen MR) is 18.3 cm³/mol. The summed E-state index contributed by atoms with van der Waals surface area (Å²) < 4.78 is 0. The maximum Gasteiger partial charge on any atom is 0.324 e. The summed E-state index contributed by atoms with van der Waals surface area (Å²) >= 11 is 0. The average molecular weight is 87.1 g/mol. The molecule has 0 fully saturated rings. The first-order valence-electron chi connectivity index (χ1n) is 1.59. The van der Waals surface area contributed by atoms with E-state index in [0.29, 0.717) is 6.61 Å². The van der Waals surface area contributed by atoms with Crippen LogP contribution in [0.3, 0.4) is 0 Å². The molecule has 3 nitrogen and oxygen atoms in total. The highest BCUT2D eigenvalue weighted by atomic mass is 17.2. The molecule has 0 aliphatic heterocycles. The Morgan fingerprint density at radius 3 is 2.67 bits per heavy atom. The van der Waals surface area contributed by atoms with Crippen LogP contribution in [0.2, 0.25) is 0 Å². The SMILES string of the molecule is CCOOC#N. The Labute approximate surface area is 36.0 Å². The third kappa shape index (κ3) is 3.25. The quantitative estimate of drug-likeness (QED) is 0.212. The van der Waals surface area contributed by atoms with Crippen LogP contribution in [-0.4, -0.2) is 6.61 Å². The molecule has 34 valence electrons. The van der Waals surface area contributed by atoms with Gasteiger partial charge in [0.25, 0.3) is 0 Å². The van der Waals surface area contributed by atoms with Crippen LogP contribution in [0.5, 0.6) is 0 Å². The van der Waals surface area contributed by atoms with Crippen LogP contribution in [0.15, 0.2) is 0 Å². The largest absolute Gasteiger partial charge is 0.324 e. The lowest BCUT2D eigenvalue weighted by Gasteiger charge is -1.84. The lowest BCUT2D eigenvalue weighted by molar-refractivity contribution is -0.234. The second-order valence-electron chi connectivity index (χ2n) is 0.581.